The largest absolute Gasteiger partial charge is 0.313 e. The fourth-order valence-electron chi connectivity index (χ4n) is 2.65. The van der Waals surface area contributed by atoms with Crippen molar-refractivity contribution in [2.45, 2.75) is 71.1 Å². The van der Waals surface area contributed by atoms with E-state index in [9.17, 15) is 0 Å². The first-order valence-corrected chi connectivity index (χ1v) is 8.65. The van der Waals surface area contributed by atoms with Gasteiger partial charge in [0, 0.05) is 31.2 Å². The molecule has 0 saturated heterocycles. The van der Waals surface area contributed by atoms with Gasteiger partial charge in [-0.15, -0.1) is 0 Å². The normalized spacial score (nSPS) is 17.3. The molecule has 1 aliphatic carbocycles. The van der Waals surface area contributed by atoms with Gasteiger partial charge in [0.1, 0.15) is 0 Å². The lowest BCUT2D eigenvalue weighted by atomic mass is 10.1. The molecule has 2 rings (SSSR count). The highest BCUT2D eigenvalue weighted by molar-refractivity contribution is 7.07. The van der Waals surface area contributed by atoms with Gasteiger partial charge >= 0.3 is 0 Å². The standard InChI is InChI=1S/C16H28N2S/c1-4-5-16(10-17-13(2)3)18(15-6-7-15)11-14-8-9-19-12-14/h8-9,12-13,15-17H,4-7,10-11H2,1-3H3. The lowest BCUT2D eigenvalue weighted by Gasteiger charge is -2.32. The molecule has 2 nitrogen and oxygen atoms in total. The van der Waals surface area contributed by atoms with Crippen molar-refractivity contribution in [2.24, 2.45) is 0 Å². The summed E-state index contributed by atoms with van der Waals surface area (Å²) in [4.78, 5) is 2.75. The predicted octanol–water partition coefficient (Wildman–Crippen LogP) is 3.88. The number of thiophene rings is 1. The number of hydrogen-bond donors (Lipinski definition) is 1. The molecule has 0 radical (unpaired) electrons. The summed E-state index contributed by atoms with van der Waals surface area (Å²) in [6.07, 6.45) is 5.37. The number of rotatable bonds is 9. The van der Waals surface area contributed by atoms with Gasteiger partial charge < -0.3 is 5.32 Å². The molecule has 3 heteroatoms. The van der Waals surface area contributed by atoms with Crippen LogP contribution in [0.5, 0.6) is 0 Å². The molecule has 1 heterocycles. The Kier molecular flexibility index (Phi) is 5.86. The maximum absolute atomic E-state index is 3.63. The minimum atomic E-state index is 0.585. The van der Waals surface area contributed by atoms with Gasteiger partial charge in [-0.05, 0) is 41.7 Å². The van der Waals surface area contributed by atoms with Crippen LogP contribution in [-0.2, 0) is 6.54 Å². The Morgan fingerprint density at radius 1 is 1.42 bits per heavy atom. The van der Waals surface area contributed by atoms with Crippen molar-refractivity contribution in [3.63, 3.8) is 0 Å². The van der Waals surface area contributed by atoms with Crippen LogP contribution in [0.25, 0.3) is 0 Å². The molecular weight excluding hydrogens is 252 g/mol. The quantitative estimate of drug-likeness (QED) is 0.738. The minimum absolute atomic E-state index is 0.585. The van der Waals surface area contributed by atoms with Gasteiger partial charge in [-0.1, -0.05) is 27.2 Å². The minimum Gasteiger partial charge on any atom is -0.313 e. The Bertz CT molecular complexity index is 344. The Morgan fingerprint density at radius 2 is 2.21 bits per heavy atom. The zero-order valence-corrected chi connectivity index (χ0v) is 13.4. The van der Waals surface area contributed by atoms with E-state index in [2.05, 4.69) is 47.8 Å². The van der Waals surface area contributed by atoms with Gasteiger partial charge in [0.15, 0.2) is 0 Å². The summed E-state index contributed by atoms with van der Waals surface area (Å²) < 4.78 is 0. The topological polar surface area (TPSA) is 15.3 Å². The van der Waals surface area contributed by atoms with Crippen LogP contribution in [0.1, 0.15) is 52.0 Å². The Hall–Kier alpha value is -0.380. The van der Waals surface area contributed by atoms with Crippen LogP contribution in [0.15, 0.2) is 16.8 Å². The summed E-state index contributed by atoms with van der Waals surface area (Å²) in [7, 11) is 0. The van der Waals surface area contributed by atoms with E-state index in [0.717, 1.165) is 19.1 Å². The smallest absolute Gasteiger partial charge is 0.0248 e. The maximum atomic E-state index is 3.63. The second kappa shape index (κ2) is 7.41. The van der Waals surface area contributed by atoms with E-state index in [1.807, 2.05) is 11.3 Å². The highest BCUT2D eigenvalue weighted by Gasteiger charge is 2.33. The van der Waals surface area contributed by atoms with E-state index < -0.39 is 0 Å². The summed E-state index contributed by atoms with van der Waals surface area (Å²) in [5.74, 6) is 0. The van der Waals surface area contributed by atoms with Crippen LogP contribution in [0.3, 0.4) is 0 Å². The summed E-state index contributed by atoms with van der Waals surface area (Å²) in [5, 5.41) is 8.13. The van der Waals surface area contributed by atoms with Crippen LogP contribution in [0.2, 0.25) is 0 Å². The number of nitrogens with one attached hydrogen (secondary N) is 1. The van der Waals surface area contributed by atoms with Crippen molar-refractivity contribution in [3.05, 3.63) is 22.4 Å². The molecule has 0 spiro atoms. The Balaban J connectivity index is 1.96. The molecule has 1 saturated carbocycles. The van der Waals surface area contributed by atoms with Crippen molar-refractivity contribution >= 4 is 11.3 Å². The number of hydrogen-bond acceptors (Lipinski definition) is 3. The SMILES string of the molecule is CCCC(CNC(C)C)N(Cc1ccsc1)C1CC1. The van der Waals surface area contributed by atoms with Crippen LogP contribution >= 0.6 is 11.3 Å². The molecule has 0 amide bonds. The van der Waals surface area contributed by atoms with Gasteiger partial charge in [0.2, 0.25) is 0 Å². The van der Waals surface area contributed by atoms with Gasteiger partial charge in [-0.3, -0.25) is 4.90 Å². The highest BCUT2D eigenvalue weighted by atomic mass is 32.1. The van der Waals surface area contributed by atoms with Crippen LogP contribution < -0.4 is 5.32 Å². The van der Waals surface area contributed by atoms with E-state index in [1.54, 1.807) is 0 Å². The Morgan fingerprint density at radius 3 is 2.74 bits per heavy atom. The van der Waals surface area contributed by atoms with E-state index in [4.69, 9.17) is 0 Å². The molecule has 1 aliphatic rings. The second-order valence-electron chi connectivity index (χ2n) is 6.04. The monoisotopic (exact) mass is 280 g/mol. The summed E-state index contributed by atoms with van der Waals surface area (Å²) in [6.45, 7) is 9.05. The Labute approximate surface area is 122 Å². The van der Waals surface area contributed by atoms with Gasteiger partial charge in [-0.25, -0.2) is 0 Å². The third-order valence-corrected chi connectivity index (χ3v) is 4.55. The molecule has 1 aromatic heterocycles. The predicted molar refractivity (Wildman–Crippen MR) is 84.7 cm³/mol. The third kappa shape index (κ3) is 4.90. The van der Waals surface area contributed by atoms with Crippen molar-refractivity contribution in [2.75, 3.05) is 6.54 Å². The maximum Gasteiger partial charge on any atom is 0.0248 e. The fraction of sp³-hybridized carbons (Fsp3) is 0.750. The van der Waals surface area contributed by atoms with Crippen molar-refractivity contribution in [1.82, 2.24) is 10.2 Å². The van der Waals surface area contributed by atoms with E-state index >= 15 is 0 Å². The highest BCUT2D eigenvalue weighted by Crippen LogP contribution is 2.31. The molecule has 1 aromatic rings. The average Bonchev–Trinajstić information content (AvgIpc) is 3.09. The van der Waals surface area contributed by atoms with E-state index in [-0.39, 0.29) is 0 Å². The van der Waals surface area contributed by atoms with Gasteiger partial charge in [0.05, 0.1) is 0 Å². The van der Waals surface area contributed by atoms with Gasteiger partial charge in [0.25, 0.3) is 0 Å². The zero-order valence-electron chi connectivity index (χ0n) is 12.6. The van der Waals surface area contributed by atoms with Crippen LogP contribution in [0, 0.1) is 0 Å². The van der Waals surface area contributed by atoms with Crippen molar-refractivity contribution in [1.29, 1.82) is 0 Å². The van der Waals surface area contributed by atoms with Gasteiger partial charge in [-0.2, -0.15) is 11.3 Å². The molecule has 1 atom stereocenters. The first-order valence-electron chi connectivity index (χ1n) is 7.71. The summed E-state index contributed by atoms with van der Waals surface area (Å²) in [6, 6.07) is 4.39. The lowest BCUT2D eigenvalue weighted by Crippen LogP contribution is -2.44. The summed E-state index contributed by atoms with van der Waals surface area (Å²) >= 11 is 1.81. The second-order valence-corrected chi connectivity index (χ2v) is 6.82. The first kappa shape index (κ1) is 15.0. The summed E-state index contributed by atoms with van der Waals surface area (Å²) in [5.41, 5.74) is 1.49. The molecule has 0 aliphatic heterocycles. The molecule has 1 fully saturated rings. The third-order valence-electron chi connectivity index (χ3n) is 3.81. The van der Waals surface area contributed by atoms with E-state index in [0.29, 0.717) is 12.1 Å². The lowest BCUT2D eigenvalue weighted by molar-refractivity contribution is 0.161. The average molecular weight is 280 g/mol. The first-order chi connectivity index (χ1) is 9.20. The molecule has 0 bridgehead atoms. The molecule has 108 valence electrons. The molecular formula is C16H28N2S. The van der Waals surface area contributed by atoms with Crippen LogP contribution in [0.4, 0.5) is 0 Å². The molecule has 1 N–H and O–H groups in total. The van der Waals surface area contributed by atoms with Crippen LogP contribution in [-0.4, -0.2) is 29.6 Å². The fourth-order valence-corrected chi connectivity index (χ4v) is 3.31. The number of nitrogens with zero attached hydrogens (tertiary/aromatic N) is 1. The van der Waals surface area contributed by atoms with E-state index in [1.165, 1.54) is 31.2 Å². The van der Waals surface area contributed by atoms with Crippen molar-refractivity contribution < 1.29 is 0 Å². The van der Waals surface area contributed by atoms with Crippen molar-refractivity contribution in [3.8, 4) is 0 Å². The molecule has 1 unspecified atom stereocenters. The molecule has 0 aromatic carbocycles. The molecule has 19 heavy (non-hydrogen) atoms. The zero-order chi connectivity index (χ0) is 13.7.